The molecule has 0 unspecified atom stereocenters. The first kappa shape index (κ1) is 26.9. The summed E-state index contributed by atoms with van der Waals surface area (Å²) < 4.78 is 30.1. The summed E-state index contributed by atoms with van der Waals surface area (Å²) in [5.74, 6) is -2.51. The number of piperidine rings is 1. The molecule has 8 nitrogen and oxygen atoms in total. The zero-order valence-corrected chi connectivity index (χ0v) is 22.5. The lowest BCUT2D eigenvalue weighted by Crippen LogP contribution is -2.59. The summed E-state index contributed by atoms with van der Waals surface area (Å²) in [6.07, 6.45) is 5.18. The van der Waals surface area contributed by atoms with Crippen molar-refractivity contribution < 1.29 is 23.5 Å². The lowest BCUT2D eigenvalue weighted by molar-refractivity contribution is -0.146. The number of anilines is 1. The Labute approximate surface area is 236 Å². The highest BCUT2D eigenvalue weighted by Crippen LogP contribution is 2.38. The van der Waals surface area contributed by atoms with E-state index >= 15 is 0 Å². The second-order valence-electron chi connectivity index (χ2n) is 10.9. The number of fused-ring (bicyclic) bond motifs is 1. The number of nitrogens with zero attached hydrogens (tertiary/aromatic N) is 4. The van der Waals surface area contributed by atoms with Crippen molar-refractivity contribution in [2.75, 3.05) is 24.5 Å². The molecule has 2 aliphatic heterocycles. The highest BCUT2D eigenvalue weighted by Gasteiger charge is 2.43. The molecule has 0 radical (unpaired) electrons. The summed E-state index contributed by atoms with van der Waals surface area (Å²) in [6.45, 7) is 2.44. The van der Waals surface area contributed by atoms with E-state index in [0.717, 1.165) is 36.3 Å². The molecule has 0 bridgehead atoms. The number of hydrogen-bond acceptors (Lipinski definition) is 5. The maximum absolute atomic E-state index is 14.6. The Morgan fingerprint density at radius 2 is 1.80 bits per heavy atom. The van der Waals surface area contributed by atoms with Crippen LogP contribution in [0.4, 0.5) is 14.5 Å². The van der Waals surface area contributed by atoms with Gasteiger partial charge in [0.25, 0.3) is 5.91 Å². The Kier molecular flexibility index (Phi) is 7.17. The van der Waals surface area contributed by atoms with Gasteiger partial charge in [-0.05, 0) is 61.6 Å². The maximum Gasteiger partial charge on any atom is 0.329 e. The maximum atomic E-state index is 14.6. The van der Waals surface area contributed by atoms with Gasteiger partial charge in [0.15, 0.2) is 0 Å². The highest BCUT2D eigenvalue weighted by atomic mass is 19.1. The smallest absolute Gasteiger partial charge is 0.329 e. The average molecular weight is 560 g/mol. The van der Waals surface area contributed by atoms with Crippen molar-refractivity contribution in [2.24, 2.45) is 0 Å². The minimum absolute atomic E-state index is 0.256. The molecule has 1 amide bonds. The molecule has 0 aliphatic carbocycles. The minimum Gasteiger partial charge on any atom is -0.480 e. The summed E-state index contributed by atoms with van der Waals surface area (Å²) >= 11 is 0. The number of pyridine rings is 1. The predicted molar refractivity (Wildman–Crippen MR) is 150 cm³/mol. The number of carbonyl (C=O) groups is 2. The molecule has 2 aromatic heterocycles. The molecule has 212 valence electrons. The zero-order chi connectivity index (χ0) is 28.6. The molecule has 0 spiro atoms. The van der Waals surface area contributed by atoms with E-state index in [1.165, 1.54) is 12.3 Å². The lowest BCUT2D eigenvalue weighted by Gasteiger charge is -2.39. The van der Waals surface area contributed by atoms with E-state index in [-0.39, 0.29) is 24.4 Å². The molecular weight excluding hydrogens is 528 g/mol. The number of halogens is 2. The summed E-state index contributed by atoms with van der Waals surface area (Å²) in [7, 11) is 0. The summed E-state index contributed by atoms with van der Waals surface area (Å²) in [5.41, 5.74) is 1.59. The molecule has 2 aliphatic rings. The minimum atomic E-state index is -1.38. The van der Waals surface area contributed by atoms with Crippen molar-refractivity contribution in [1.29, 1.82) is 0 Å². The van der Waals surface area contributed by atoms with E-state index < -0.39 is 29.0 Å². The van der Waals surface area contributed by atoms with Crippen LogP contribution in [0.25, 0.3) is 5.52 Å². The molecule has 0 saturated carbocycles. The van der Waals surface area contributed by atoms with E-state index in [4.69, 9.17) is 0 Å². The van der Waals surface area contributed by atoms with Crippen molar-refractivity contribution in [1.82, 2.24) is 19.8 Å². The Bertz CT molecular complexity index is 1580. The fourth-order valence-electron chi connectivity index (χ4n) is 6.10. The molecule has 2 saturated heterocycles. The summed E-state index contributed by atoms with van der Waals surface area (Å²) in [4.78, 5) is 30.2. The normalized spacial score (nSPS) is 19.0. The number of carbonyl (C=O) groups excluding carboxylic acids is 1. The number of aliphatic carboxylic acids is 1. The van der Waals surface area contributed by atoms with Crippen molar-refractivity contribution in [3.63, 3.8) is 0 Å². The van der Waals surface area contributed by atoms with Gasteiger partial charge in [-0.25, -0.2) is 18.1 Å². The molecule has 41 heavy (non-hydrogen) atoms. The Hall–Kier alpha value is -4.31. The molecule has 4 heterocycles. The van der Waals surface area contributed by atoms with E-state index in [9.17, 15) is 23.5 Å². The Balaban J connectivity index is 1.22. The van der Waals surface area contributed by atoms with Gasteiger partial charge in [0.1, 0.15) is 17.2 Å². The van der Waals surface area contributed by atoms with Crippen LogP contribution in [0.15, 0.2) is 73.1 Å². The van der Waals surface area contributed by atoms with Gasteiger partial charge in [-0.1, -0.05) is 30.3 Å². The van der Waals surface area contributed by atoms with Gasteiger partial charge < -0.3 is 15.3 Å². The van der Waals surface area contributed by atoms with Crippen LogP contribution in [0, 0.1) is 11.6 Å². The van der Waals surface area contributed by atoms with Crippen LogP contribution in [0.5, 0.6) is 0 Å². The van der Waals surface area contributed by atoms with E-state index in [0.29, 0.717) is 37.1 Å². The van der Waals surface area contributed by atoms with Gasteiger partial charge in [0.05, 0.1) is 23.3 Å². The fourth-order valence-corrected chi connectivity index (χ4v) is 6.10. The van der Waals surface area contributed by atoms with Crippen molar-refractivity contribution >= 4 is 23.1 Å². The first-order valence-electron chi connectivity index (χ1n) is 13.8. The fraction of sp³-hybridized carbons (Fsp3) is 0.323. The predicted octanol–water partition coefficient (Wildman–Crippen LogP) is 4.80. The number of amides is 1. The number of nitrogens with one attached hydrogen (secondary N) is 1. The van der Waals surface area contributed by atoms with Crippen LogP contribution < -0.4 is 10.2 Å². The largest absolute Gasteiger partial charge is 0.480 e. The van der Waals surface area contributed by atoms with Gasteiger partial charge in [0, 0.05) is 43.6 Å². The second kappa shape index (κ2) is 10.9. The van der Waals surface area contributed by atoms with Gasteiger partial charge in [-0.15, -0.1) is 0 Å². The number of aromatic nitrogens is 2. The van der Waals surface area contributed by atoms with Crippen molar-refractivity contribution in [2.45, 2.75) is 43.8 Å². The first-order valence-corrected chi connectivity index (χ1v) is 13.8. The number of carboxylic acids is 1. The van der Waals surface area contributed by atoms with E-state index in [2.05, 4.69) is 15.3 Å². The van der Waals surface area contributed by atoms with Crippen molar-refractivity contribution in [3.05, 3.63) is 101 Å². The summed E-state index contributed by atoms with van der Waals surface area (Å²) in [6, 6.07) is 16.8. The second-order valence-corrected chi connectivity index (χ2v) is 10.9. The van der Waals surface area contributed by atoms with Crippen LogP contribution in [0.1, 0.15) is 53.2 Å². The summed E-state index contributed by atoms with van der Waals surface area (Å²) in [5, 5.41) is 17.3. The molecule has 2 fully saturated rings. The number of benzene rings is 2. The molecule has 2 aromatic carbocycles. The molecular formula is C31H31F2N5O3. The topological polar surface area (TPSA) is 90.2 Å². The lowest BCUT2D eigenvalue weighted by atomic mass is 9.87. The van der Waals surface area contributed by atoms with Crippen LogP contribution in [-0.2, 0) is 11.3 Å². The number of likely N-dealkylation sites (tertiary alicyclic amines) is 1. The molecule has 4 aromatic rings. The van der Waals surface area contributed by atoms with Gasteiger partial charge in [-0.3, -0.25) is 9.69 Å². The van der Waals surface area contributed by atoms with Crippen LogP contribution >= 0.6 is 0 Å². The zero-order valence-electron chi connectivity index (χ0n) is 22.5. The van der Waals surface area contributed by atoms with Gasteiger partial charge in [0.2, 0.25) is 0 Å². The number of carboxylic acid groups (broad SMARTS) is 1. The Morgan fingerprint density at radius 3 is 2.56 bits per heavy atom. The number of rotatable bonds is 7. The van der Waals surface area contributed by atoms with Crippen LogP contribution in [0.3, 0.4) is 0 Å². The van der Waals surface area contributed by atoms with Gasteiger partial charge in [-0.2, -0.15) is 5.10 Å². The quantitative estimate of drug-likeness (QED) is 0.338. The monoisotopic (exact) mass is 559 g/mol. The first-order chi connectivity index (χ1) is 19.8. The average Bonchev–Trinajstić information content (AvgIpc) is 3.63. The molecule has 1 atom stereocenters. The van der Waals surface area contributed by atoms with Crippen molar-refractivity contribution in [3.8, 4) is 0 Å². The third-order valence-electron chi connectivity index (χ3n) is 8.37. The number of hydrogen-bond donors (Lipinski definition) is 2. The standard InChI is InChI=1S/C31H31F2N5O3/c32-22-8-9-26(33)24(17-22)27-7-4-13-37(27)23-10-14-38-28(18-23)25(19-34-38)29(39)35-31(30(40)41)11-15-36(16-12-31)20-21-5-2-1-3-6-21/h1-3,5-6,8-10,14,17-19,27H,4,7,11-13,15-16,20H2,(H,35,39)(H,40,41)/t27-/m1/s1. The van der Waals surface area contributed by atoms with Crippen LogP contribution in [-0.4, -0.2) is 56.7 Å². The van der Waals surface area contributed by atoms with E-state index in [1.54, 1.807) is 16.8 Å². The van der Waals surface area contributed by atoms with Crippen LogP contribution in [0.2, 0.25) is 0 Å². The molecule has 2 N–H and O–H groups in total. The third kappa shape index (κ3) is 5.27. The molecule has 10 heteroatoms. The Morgan fingerprint density at radius 1 is 1.02 bits per heavy atom. The SMILES string of the molecule is O=C(NC1(C(=O)O)CCN(Cc2ccccc2)CC1)c1cnn2ccc(N3CCC[C@@H]3c3cc(F)ccc3F)cc12. The highest BCUT2D eigenvalue weighted by molar-refractivity contribution is 6.03. The molecule has 6 rings (SSSR count). The third-order valence-corrected chi connectivity index (χ3v) is 8.37. The van der Waals surface area contributed by atoms with Gasteiger partial charge >= 0.3 is 5.97 Å². The van der Waals surface area contributed by atoms with E-state index in [1.807, 2.05) is 41.3 Å².